The van der Waals surface area contributed by atoms with Crippen LogP contribution in [0.15, 0.2) is 18.2 Å². The molecular weight excluding hydrogens is 184 g/mol. The topological polar surface area (TPSA) is 12.5 Å². The highest BCUT2D eigenvalue weighted by Crippen LogP contribution is 2.32. The average molecular weight is 204 g/mol. The van der Waals surface area contributed by atoms with E-state index in [-0.39, 0.29) is 0 Å². The van der Waals surface area contributed by atoms with E-state index >= 15 is 0 Å². The molecule has 0 bridgehead atoms. The van der Waals surface area contributed by atoms with Crippen LogP contribution in [0, 0.1) is 13.8 Å². The van der Waals surface area contributed by atoms with Gasteiger partial charge in [-0.1, -0.05) is 25.1 Å². The molecule has 1 fully saturated rings. The van der Waals surface area contributed by atoms with E-state index in [0.717, 1.165) is 6.42 Å². The Bertz CT molecular complexity index is 356. The van der Waals surface area contributed by atoms with Crippen LogP contribution in [0.25, 0.3) is 0 Å². The fraction of sp³-hybridized carbons (Fsp3) is 0.571. The van der Waals surface area contributed by atoms with E-state index in [2.05, 4.69) is 45.9 Å². The Balaban J connectivity index is 2.04. The number of epoxide rings is 1. The van der Waals surface area contributed by atoms with Crippen molar-refractivity contribution in [2.24, 2.45) is 0 Å². The average Bonchev–Trinajstić information content (AvgIpc) is 2.86. The Hall–Kier alpha value is -0.820. The van der Waals surface area contributed by atoms with Crippen molar-refractivity contribution < 1.29 is 4.74 Å². The summed E-state index contributed by atoms with van der Waals surface area (Å²) in [4.78, 5) is 0. The fourth-order valence-electron chi connectivity index (χ4n) is 2.03. The molecule has 1 heteroatoms. The summed E-state index contributed by atoms with van der Waals surface area (Å²) in [5.74, 6) is 0.610. The first-order valence-electron chi connectivity index (χ1n) is 5.80. The van der Waals surface area contributed by atoms with E-state index in [9.17, 15) is 0 Å². The smallest absolute Gasteiger partial charge is 0.0844 e. The molecule has 0 radical (unpaired) electrons. The zero-order valence-electron chi connectivity index (χ0n) is 10.1. The number of hydrogen-bond donors (Lipinski definition) is 0. The maximum Gasteiger partial charge on any atom is 0.0844 e. The van der Waals surface area contributed by atoms with Gasteiger partial charge in [0.05, 0.1) is 12.2 Å². The number of ether oxygens (including phenoxy) is 1. The molecule has 3 unspecified atom stereocenters. The lowest BCUT2D eigenvalue weighted by molar-refractivity contribution is 0.362. The Kier molecular flexibility index (Phi) is 2.83. The van der Waals surface area contributed by atoms with Crippen LogP contribution in [-0.4, -0.2) is 12.2 Å². The SMILES string of the molecule is Cc1ccc(C(C)CC2OC2C)cc1C. The molecule has 0 amide bonds. The first kappa shape index (κ1) is 10.7. The Labute approximate surface area is 92.5 Å². The third kappa shape index (κ3) is 2.40. The van der Waals surface area contributed by atoms with Crippen molar-refractivity contribution in [2.45, 2.75) is 52.2 Å². The van der Waals surface area contributed by atoms with Gasteiger partial charge >= 0.3 is 0 Å². The van der Waals surface area contributed by atoms with Crippen LogP contribution >= 0.6 is 0 Å². The zero-order chi connectivity index (χ0) is 11.0. The summed E-state index contributed by atoms with van der Waals surface area (Å²) in [6.07, 6.45) is 2.14. The number of hydrogen-bond acceptors (Lipinski definition) is 1. The Morgan fingerprint density at radius 1 is 1.27 bits per heavy atom. The minimum Gasteiger partial charge on any atom is -0.370 e. The van der Waals surface area contributed by atoms with Gasteiger partial charge in [-0.25, -0.2) is 0 Å². The fourth-order valence-corrected chi connectivity index (χ4v) is 2.03. The molecule has 1 aliphatic heterocycles. The first-order valence-corrected chi connectivity index (χ1v) is 5.80. The summed E-state index contributed by atoms with van der Waals surface area (Å²) in [5, 5.41) is 0. The van der Waals surface area contributed by atoms with Crippen LogP contribution in [0.2, 0.25) is 0 Å². The van der Waals surface area contributed by atoms with Crippen molar-refractivity contribution in [2.75, 3.05) is 0 Å². The molecule has 1 aromatic carbocycles. The summed E-state index contributed by atoms with van der Waals surface area (Å²) in [5.41, 5.74) is 4.21. The largest absolute Gasteiger partial charge is 0.370 e. The second-order valence-electron chi connectivity index (χ2n) is 4.86. The molecule has 82 valence electrons. The molecular formula is C14H20O. The molecule has 0 spiro atoms. The van der Waals surface area contributed by atoms with E-state index in [4.69, 9.17) is 4.74 Å². The molecule has 0 aromatic heterocycles. The molecule has 0 N–H and O–H groups in total. The second-order valence-corrected chi connectivity index (χ2v) is 4.86. The zero-order valence-corrected chi connectivity index (χ0v) is 10.1. The highest BCUT2D eigenvalue weighted by atomic mass is 16.6. The van der Waals surface area contributed by atoms with Gasteiger partial charge in [0.2, 0.25) is 0 Å². The minimum atomic E-state index is 0.485. The van der Waals surface area contributed by atoms with Gasteiger partial charge in [-0.05, 0) is 49.8 Å². The maximum absolute atomic E-state index is 5.46. The Morgan fingerprint density at radius 3 is 2.47 bits per heavy atom. The third-order valence-electron chi connectivity index (χ3n) is 3.52. The molecule has 3 atom stereocenters. The Morgan fingerprint density at radius 2 is 1.93 bits per heavy atom. The summed E-state index contributed by atoms with van der Waals surface area (Å²) in [6, 6.07) is 6.78. The monoisotopic (exact) mass is 204 g/mol. The third-order valence-corrected chi connectivity index (χ3v) is 3.52. The molecule has 0 aliphatic carbocycles. The van der Waals surface area contributed by atoms with Gasteiger partial charge in [0.1, 0.15) is 0 Å². The van der Waals surface area contributed by atoms with Crippen LogP contribution in [0.4, 0.5) is 0 Å². The summed E-state index contributed by atoms with van der Waals surface area (Å²) < 4.78 is 5.46. The van der Waals surface area contributed by atoms with Crippen LogP contribution < -0.4 is 0 Å². The van der Waals surface area contributed by atoms with Gasteiger partial charge in [-0.2, -0.15) is 0 Å². The predicted molar refractivity (Wildman–Crippen MR) is 63.3 cm³/mol. The summed E-state index contributed by atoms with van der Waals surface area (Å²) in [7, 11) is 0. The summed E-state index contributed by atoms with van der Waals surface area (Å²) in [6.45, 7) is 8.79. The molecule has 1 aromatic rings. The van der Waals surface area contributed by atoms with Gasteiger partial charge < -0.3 is 4.74 Å². The second kappa shape index (κ2) is 3.97. The molecule has 15 heavy (non-hydrogen) atoms. The van der Waals surface area contributed by atoms with Crippen molar-refractivity contribution in [3.63, 3.8) is 0 Å². The lowest BCUT2D eigenvalue weighted by Crippen LogP contribution is -2.00. The van der Waals surface area contributed by atoms with Crippen LogP contribution in [0.5, 0.6) is 0 Å². The van der Waals surface area contributed by atoms with E-state index in [1.54, 1.807) is 0 Å². The number of rotatable bonds is 3. The predicted octanol–water partition coefficient (Wildman–Crippen LogP) is 3.58. The number of benzene rings is 1. The number of aryl methyl sites for hydroxylation is 2. The highest BCUT2D eigenvalue weighted by molar-refractivity contribution is 5.31. The van der Waals surface area contributed by atoms with Crippen molar-refractivity contribution in [3.8, 4) is 0 Å². The van der Waals surface area contributed by atoms with Crippen molar-refractivity contribution in [3.05, 3.63) is 34.9 Å². The standard InChI is InChI=1S/C14H20O/c1-9-5-6-13(7-10(9)2)11(3)8-14-12(4)15-14/h5-7,11-12,14H,8H2,1-4H3. The maximum atomic E-state index is 5.46. The van der Waals surface area contributed by atoms with E-state index in [0.29, 0.717) is 18.1 Å². The molecule has 0 saturated carbocycles. The van der Waals surface area contributed by atoms with Gasteiger partial charge in [0.15, 0.2) is 0 Å². The van der Waals surface area contributed by atoms with Gasteiger partial charge in [-0.15, -0.1) is 0 Å². The van der Waals surface area contributed by atoms with Gasteiger partial charge in [-0.3, -0.25) is 0 Å². The van der Waals surface area contributed by atoms with E-state index < -0.39 is 0 Å². The lowest BCUT2D eigenvalue weighted by Gasteiger charge is -2.12. The molecule has 1 aliphatic rings. The molecule has 1 heterocycles. The first-order chi connectivity index (χ1) is 7.08. The van der Waals surface area contributed by atoms with E-state index in [1.165, 1.54) is 16.7 Å². The normalized spacial score (nSPS) is 26.4. The molecule has 1 saturated heterocycles. The van der Waals surface area contributed by atoms with Crippen molar-refractivity contribution in [1.82, 2.24) is 0 Å². The quantitative estimate of drug-likeness (QED) is 0.685. The van der Waals surface area contributed by atoms with Gasteiger partial charge in [0.25, 0.3) is 0 Å². The summed E-state index contributed by atoms with van der Waals surface area (Å²) >= 11 is 0. The van der Waals surface area contributed by atoms with Crippen molar-refractivity contribution >= 4 is 0 Å². The molecule has 2 rings (SSSR count). The lowest BCUT2D eigenvalue weighted by atomic mass is 9.93. The molecule has 1 nitrogen and oxygen atoms in total. The highest BCUT2D eigenvalue weighted by Gasteiger charge is 2.35. The van der Waals surface area contributed by atoms with Crippen molar-refractivity contribution in [1.29, 1.82) is 0 Å². The van der Waals surface area contributed by atoms with Crippen LogP contribution in [0.3, 0.4) is 0 Å². The van der Waals surface area contributed by atoms with Gasteiger partial charge in [0, 0.05) is 0 Å². The van der Waals surface area contributed by atoms with Crippen LogP contribution in [0.1, 0.15) is 42.9 Å². The minimum absolute atomic E-state index is 0.485. The van der Waals surface area contributed by atoms with E-state index in [1.807, 2.05) is 0 Å². The van der Waals surface area contributed by atoms with Crippen LogP contribution in [-0.2, 0) is 4.74 Å².